The molecule has 0 atom stereocenters. The number of nitrogens with zero attached hydrogens (tertiary/aromatic N) is 2. The van der Waals surface area contributed by atoms with Crippen LogP contribution in [0.3, 0.4) is 0 Å². The second kappa shape index (κ2) is 8.37. The van der Waals surface area contributed by atoms with Crippen LogP contribution in [0.15, 0.2) is 125 Å². The first-order valence-corrected chi connectivity index (χ1v) is 16.0. The molecule has 43 heavy (non-hydrogen) atoms. The summed E-state index contributed by atoms with van der Waals surface area (Å²) in [5.41, 5.74) is 14.5. The van der Waals surface area contributed by atoms with Crippen LogP contribution in [0.1, 0.15) is 5.56 Å². The summed E-state index contributed by atoms with van der Waals surface area (Å²) in [5.74, 6) is 0. The van der Waals surface area contributed by atoms with E-state index in [-0.39, 0.29) is 6.85 Å². The van der Waals surface area contributed by atoms with Gasteiger partial charge in [-0.05, 0) is 95.9 Å². The molecule has 0 aliphatic carbocycles. The van der Waals surface area contributed by atoms with E-state index in [2.05, 4.69) is 138 Å². The highest BCUT2D eigenvalue weighted by atomic mass is 32.2. The molecule has 0 spiro atoms. The van der Waals surface area contributed by atoms with Gasteiger partial charge in [0.25, 0.3) is 0 Å². The largest absolute Gasteiger partial charge is 0.456 e. The van der Waals surface area contributed by atoms with E-state index < -0.39 is 0 Å². The highest BCUT2D eigenvalue weighted by Crippen LogP contribution is 2.50. The highest BCUT2D eigenvalue weighted by Gasteiger charge is 2.44. The molecule has 0 amide bonds. The third kappa shape index (κ3) is 2.97. The van der Waals surface area contributed by atoms with Crippen LogP contribution >= 0.6 is 11.8 Å². The maximum Gasteiger partial charge on any atom is 0.333 e. The highest BCUT2D eigenvalue weighted by molar-refractivity contribution is 7.98. The summed E-state index contributed by atoms with van der Waals surface area (Å²) >= 11 is 1.80. The van der Waals surface area contributed by atoms with Crippen LogP contribution in [0.5, 0.6) is 0 Å². The normalized spacial score (nSPS) is 13.3. The van der Waals surface area contributed by atoms with E-state index in [1.807, 2.05) is 0 Å². The van der Waals surface area contributed by atoms with Crippen molar-refractivity contribution in [2.75, 3.05) is 11.2 Å². The molecule has 8 aromatic rings. The molecule has 4 heterocycles. The number of para-hydroxylation sites is 3. The van der Waals surface area contributed by atoms with Crippen molar-refractivity contribution in [1.82, 2.24) is 4.48 Å². The Bertz CT molecular complexity index is 2470. The van der Waals surface area contributed by atoms with Gasteiger partial charge in [0.15, 0.2) is 0 Å². The van der Waals surface area contributed by atoms with Crippen LogP contribution in [-0.2, 0) is 0 Å². The Morgan fingerprint density at radius 3 is 2.40 bits per heavy atom. The van der Waals surface area contributed by atoms with Crippen LogP contribution in [0.4, 0.5) is 17.1 Å². The fourth-order valence-electron chi connectivity index (χ4n) is 7.83. The molecule has 6 aromatic carbocycles. The van der Waals surface area contributed by atoms with E-state index >= 15 is 0 Å². The zero-order chi connectivity index (χ0) is 28.4. The van der Waals surface area contributed by atoms with Crippen molar-refractivity contribution < 1.29 is 4.42 Å². The van der Waals surface area contributed by atoms with Crippen molar-refractivity contribution in [3.8, 4) is 11.1 Å². The average Bonchev–Trinajstić information content (AvgIpc) is 3.58. The fraction of sp³-hybridized carbons (Fsp3) is 0.0526. The number of aromatic nitrogens is 1. The van der Waals surface area contributed by atoms with Crippen LogP contribution in [-0.4, -0.2) is 17.6 Å². The molecule has 0 bridgehead atoms. The maximum atomic E-state index is 6.66. The van der Waals surface area contributed by atoms with Gasteiger partial charge >= 0.3 is 6.85 Å². The molecule has 2 aromatic heterocycles. The number of hydrogen-bond donors (Lipinski definition) is 0. The van der Waals surface area contributed by atoms with E-state index in [0.717, 1.165) is 22.2 Å². The summed E-state index contributed by atoms with van der Waals surface area (Å²) in [7, 11) is 0. The van der Waals surface area contributed by atoms with E-state index in [0.29, 0.717) is 0 Å². The lowest BCUT2D eigenvalue weighted by Crippen LogP contribution is -2.56. The van der Waals surface area contributed by atoms with Crippen LogP contribution in [0.2, 0.25) is 0 Å². The van der Waals surface area contributed by atoms with Crippen LogP contribution in [0.25, 0.3) is 54.9 Å². The molecule has 5 heteroatoms. The Kier molecular flexibility index (Phi) is 4.60. The van der Waals surface area contributed by atoms with Gasteiger partial charge in [-0.2, -0.15) is 0 Å². The standard InChI is InChI=1S/C38H25BN2OS/c1-22-18-28-26-20-24(43-2)16-17-31(26)41-37(28)29(19-22)27-21-34-35(25-12-6-9-15-33(25)42-34)38-36(27)39(41)30-13-7-8-14-32(30)40(38)23-10-4-3-5-11-23/h3-21H,1-2H3. The molecule has 2 aliphatic heterocycles. The Hall–Kier alpha value is -4.87. The first-order chi connectivity index (χ1) is 21.2. The molecule has 2 aliphatic rings. The quantitative estimate of drug-likeness (QED) is 0.153. The van der Waals surface area contributed by atoms with Gasteiger partial charge in [-0.25, -0.2) is 0 Å². The van der Waals surface area contributed by atoms with Gasteiger partial charge in [-0.15, -0.1) is 11.8 Å². The number of benzene rings is 6. The smallest absolute Gasteiger partial charge is 0.333 e. The second-order valence-corrected chi connectivity index (χ2v) is 12.6. The topological polar surface area (TPSA) is 21.3 Å². The van der Waals surface area contributed by atoms with Crippen molar-refractivity contribution in [1.29, 1.82) is 0 Å². The molecule has 0 saturated heterocycles. The molecule has 0 fully saturated rings. The zero-order valence-corrected chi connectivity index (χ0v) is 24.6. The second-order valence-electron chi connectivity index (χ2n) is 11.8. The Morgan fingerprint density at radius 2 is 1.51 bits per heavy atom. The lowest BCUT2D eigenvalue weighted by molar-refractivity contribution is 0.669. The third-order valence-electron chi connectivity index (χ3n) is 9.46. The Morgan fingerprint density at radius 1 is 0.698 bits per heavy atom. The molecular weight excluding hydrogens is 543 g/mol. The molecule has 202 valence electrons. The molecule has 10 rings (SSSR count). The van der Waals surface area contributed by atoms with Crippen LogP contribution in [0, 0.1) is 6.92 Å². The Balaban J connectivity index is 1.47. The summed E-state index contributed by atoms with van der Waals surface area (Å²) in [5, 5.41) is 4.96. The van der Waals surface area contributed by atoms with Crippen molar-refractivity contribution in [2.45, 2.75) is 11.8 Å². The van der Waals surface area contributed by atoms with E-state index in [9.17, 15) is 0 Å². The lowest BCUT2D eigenvalue weighted by atomic mass is 9.45. The van der Waals surface area contributed by atoms with Crippen LogP contribution < -0.4 is 15.8 Å². The fourth-order valence-corrected chi connectivity index (χ4v) is 8.27. The van der Waals surface area contributed by atoms with Gasteiger partial charge in [0.1, 0.15) is 11.2 Å². The van der Waals surface area contributed by atoms with Gasteiger partial charge in [-0.3, -0.25) is 0 Å². The van der Waals surface area contributed by atoms with Crippen molar-refractivity contribution in [3.63, 3.8) is 0 Å². The van der Waals surface area contributed by atoms with E-state index in [1.165, 1.54) is 71.1 Å². The molecule has 3 nitrogen and oxygen atoms in total. The maximum absolute atomic E-state index is 6.66. The predicted molar refractivity (Wildman–Crippen MR) is 184 cm³/mol. The first kappa shape index (κ1) is 23.7. The number of anilines is 3. The van der Waals surface area contributed by atoms with E-state index in [4.69, 9.17) is 4.42 Å². The minimum absolute atomic E-state index is 0.0227. The zero-order valence-electron chi connectivity index (χ0n) is 23.8. The van der Waals surface area contributed by atoms with E-state index in [1.54, 1.807) is 11.8 Å². The summed E-state index contributed by atoms with van der Waals surface area (Å²) < 4.78 is 9.29. The van der Waals surface area contributed by atoms with Gasteiger partial charge in [0.2, 0.25) is 0 Å². The predicted octanol–water partition coefficient (Wildman–Crippen LogP) is 9.14. The molecule has 0 radical (unpaired) electrons. The van der Waals surface area contributed by atoms with Gasteiger partial charge in [-0.1, -0.05) is 54.6 Å². The molecule has 0 N–H and O–H groups in total. The number of rotatable bonds is 2. The summed E-state index contributed by atoms with van der Waals surface area (Å²) in [4.78, 5) is 3.76. The van der Waals surface area contributed by atoms with Gasteiger partial charge in [0, 0.05) is 49.0 Å². The summed E-state index contributed by atoms with van der Waals surface area (Å²) in [6, 6.07) is 42.3. The molecule has 0 unspecified atom stereocenters. The average molecular weight is 569 g/mol. The number of thioether (sulfide) groups is 1. The molecular formula is C38H25BN2OS. The number of fused-ring (bicyclic) bond motifs is 11. The minimum Gasteiger partial charge on any atom is -0.456 e. The summed E-state index contributed by atoms with van der Waals surface area (Å²) in [6.45, 7) is 2.25. The van der Waals surface area contributed by atoms with Crippen molar-refractivity contribution in [3.05, 3.63) is 121 Å². The third-order valence-corrected chi connectivity index (χ3v) is 10.2. The summed E-state index contributed by atoms with van der Waals surface area (Å²) in [6.07, 6.45) is 2.16. The number of hydrogen-bond acceptors (Lipinski definition) is 3. The minimum atomic E-state index is 0.0227. The number of furan rings is 1. The lowest BCUT2D eigenvalue weighted by Gasteiger charge is -2.40. The number of aryl methyl sites for hydroxylation is 1. The molecule has 0 saturated carbocycles. The van der Waals surface area contributed by atoms with Gasteiger partial charge in [0.05, 0.1) is 11.1 Å². The monoisotopic (exact) mass is 568 g/mol. The van der Waals surface area contributed by atoms with Crippen molar-refractivity contribution in [2.24, 2.45) is 0 Å². The first-order valence-electron chi connectivity index (χ1n) is 14.8. The Labute approximate surface area is 253 Å². The van der Waals surface area contributed by atoms with Gasteiger partial charge < -0.3 is 13.8 Å². The SMILES string of the molecule is CSc1ccc2c(c1)c1cc(C)cc3c1n2B1c2ccccc2N(c2ccccc2)c2c1c-3cc1oc3ccccc3c21. The van der Waals surface area contributed by atoms with Crippen molar-refractivity contribution >= 4 is 90.3 Å².